The smallest absolute Gasteiger partial charge is 0.133 e. The first-order chi connectivity index (χ1) is 18.7. The van der Waals surface area contributed by atoms with Crippen LogP contribution in [0.15, 0.2) is 85.2 Å². The zero-order valence-corrected chi connectivity index (χ0v) is 24.2. The third-order valence-corrected chi connectivity index (χ3v) is 7.63. The number of rotatable bonds is 9. The van der Waals surface area contributed by atoms with Gasteiger partial charge in [-0.1, -0.05) is 60.1 Å². The number of para-hydroxylation sites is 2. The van der Waals surface area contributed by atoms with Crippen molar-refractivity contribution in [3.8, 4) is 0 Å². The van der Waals surface area contributed by atoms with Crippen molar-refractivity contribution in [1.82, 2.24) is 30.2 Å². The van der Waals surface area contributed by atoms with E-state index in [1.807, 2.05) is 30.5 Å². The molecule has 200 valence electrons. The second-order valence-electron chi connectivity index (χ2n) is 9.93. The minimum atomic E-state index is 0. The van der Waals surface area contributed by atoms with Crippen LogP contribution >= 0.6 is 28.6 Å². The van der Waals surface area contributed by atoms with Crippen molar-refractivity contribution in [2.24, 2.45) is 0 Å². The lowest BCUT2D eigenvalue weighted by Crippen LogP contribution is -2.31. The Balaban J connectivity index is 0.00000308. The van der Waals surface area contributed by atoms with Gasteiger partial charge < -0.3 is 10.3 Å². The first-order valence-corrected chi connectivity index (χ1v) is 13.6. The first-order valence-electron chi connectivity index (χ1n) is 13.2. The van der Waals surface area contributed by atoms with Crippen molar-refractivity contribution < 1.29 is 0 Å². The second-order valence-corrected chi connectivity index (χ2v) is 10.3. The Bertz CT molecular complexity index is 1490. The number of imidazole rings is 1. The van der Waals surface area contributed by atoms with Crippen molar-refractivity contribution in [2.45, 2.75) is 51.5 Å². The highest BCUT2D eigenvalue weighted by Gasteiger charge is 2.28. The van der Waals surface area contributed by atoms with Gasteiger partial charge in [0.1, 0.15) is 11.0 Å². The Morgan fingerprint density at radius 3 is 2.51 bits per heavy atom. The molecule has 6 nitrogen and oxygen atoms in total. The van der Waals surface area contributed by atoms with Gasteiger partial charge in [-0.3, -0.25) is 9.88 Å². The van der Waals surface area contributed by atoms with Crippen LogP contribution in [0.2, 0.25) is 5.15 Å². The van der Waals surface area contributed by atoms with E-state index in [9.17, 15) is 0 Å². The minimum absolute atomic E-state index is 0. The molecule has 0 fully saturated rings. The molecule has 8 heteroatoms. The van der Waals surface area contributed by atoms with E-state index in [2.05, 4.69) is 68.7 Å². The van der Waals surface area contributed by atoms with E-state index in [0.29, 0.717) is 11.7 Å². The minimum Gasteiger partial charge on any atom is -0.341 e. The highest BCUT2D eigenvalue weighted by molar-refractivity contribution is 8.93. The molecule has 3 heterocycles. The maximum Gasteiger partial charge on any atom is 0.133 e. The fraction of sp³-hybridized carbons (Fsp3) is 0.258. The summed E-state index contributed by atoms with van der Waals surface area (Å²) in [6.07, 6.45) is 7.01. The molecule has 1 aliphatic carbocycles. The van der Waals surface area contributed by atoms with Crippen molar-refractivity contribution in [2.75, 3.05) is 0 Å². The quantitative estimate of drug-likeness (QED) is 0.178. The summed E-state index contributed by atoms with van der Waals surface area (Å²) in [4.78, 5) is 19.9. The number of nitrogens with zero attached hydrogens (tertiary/aromatic N) is 4. The van der Waals surface area contributed by atoms with E-state index in [-0.39, 0.29) is 23.0 Å². The number of hydrogen-bond donors (Lipinski definition) is 2. The molecule has 2 N–H and O–H groups in total. The van der Waals surface area contributed by atoms with Crippen molar-refractivity contribution in [1.29, 1.82) is 0 Å². The highest BCUT2D eigenvalue weighted by Crippen LogP contribution is 2.34. The molecule has 0 saturated carbocycles. The Kier molecular flexibility index (Phi) is 9.04. The van der Waals surface area contributed by atoms with Gasteiger partial charge in [-0.2, -0.15) is 0 Å². The average Bonchev–Trinajstić information content (AvgIpc) is 3.37. The van der Waals surface area contributed by atoms with Crippen molar-refractivity contribution >= 4 is 39.6 Å². The van der Waals surface area contributed by atoms with Crippen molar-refractivity contribution in [3.05, 3.63) is 124 Å². The zero-order chi connectivity index (χ0) is 25.7. The van der Waals surface area contributed by atoms with E-state index in [1.54, 1.807) is 6.20 Å². The van der Waals surface area contributed by atoms with Crippen LogP contribution < -0.4 is 5.32 Å². The Morgan fingerprint density at radius 1 is 0.872 bits per heavy atom. The zero-order valence-electron chi connectivity index (χ0n) is 21.7. The van der Waals surface area contributed by atoms with Crippen LogP contribution in [-0.2, 0) is 32.6 Å². The summed E-state index contributed by atoms with van der Waals surface area (Å²) in [5, 5.41) is 4.03. The van der Waals surface area contributed by atoms with Crippen molar-refractivity contribution in [3.63, 3.8) is 0 Å². The summed E-state index contributed by atoms with van der Waals surface area (Å²) in [7, 11) is 0. The Morgan fingerprint density at radius 2 is 1.67 bits per heavy atom. The van der Waals surface area contributed by atoms with E-state index < -0.39 is 0 Å². The van der Waals surface area contributed by atoms with E-state index >= 15 is 0 Å². The molecule has 5 aromatic rings. The fourth-order valence-electron chi connectivity index (χ4n) is 5.38. The highest BCUT2D eigenvalue weighted by atomic mass is 79.9. The molecule has 1 aliphatic rings. The van der Waals surface area contributed by atoms with Gasteiger partial charge >= 0.3 is 0 Å². The molecule has 1 unspecified atom stereocenters. The molecule has 39 heavy (non-hydrogen) atoms. The van der Waals surface area contributed by atoms with Gasteiger partial charge in [-0.25, -0.2) is 9.97 Å². The standard InChI is InChI=1S/C31H31ClN6.BrH/c32-31-25(8-5-17-35-31)19-33-18-22-12-14-23(15-13-22)20-38(21-29-36-26-9-1-2-10-27(26)37-29)28-11-3-6-24-7-4-16-34-30(24)28;/h1-2,4-5,7-10,12-17,28,33H,3,6,11,18-21H2,(H,36,37);1H. The van der Waals surface area contributed by atoms with Gasteiger partial charge in [-0.15, -0.1) is 17.0 Å². The number of H-pyrrole nitrogens is 1. The topological polar surface area (TPSA) is 69.7 Å². The summed E-state index contributed by atoms with van der Waals surface area (Å²) in [5.41, 5.74) is 8.19. The van der Waals surface area contributed by atoms with Crippen LogP contribution in [0.4, 0.5) is 0 Å². The second kappa shape index (κ2) is 12.8. The van der Waals surface area contributed by atoms with Gasteiger partial charge in [0.15, 0.2) is 0 Å². The summed E-state index contributed by atoms with van der Waals surface area (Å²) in [6.45, 7) is 3.03. The molecule has 0 spiro atoms. The molecule has 1 atom stereocenters. The average molecular weight is 604 g/mol. The Labute approximate surface area is 244 Å². The van der Waals surface area contributed by atoms with Gasteiger partial charge in [0.2, 0.25) is 0 Å². The maximum atomic E-state index is 6.18. The summed E-state index contributed by atoms with van der Waals surface area (Å²) >= 11 is 6.18. The number of hydrogen-bond acceptors (Lipinski definition) is 5. The largest absolute Gasteiger partial charge is 0.341 e. The van der Waals surface area contributed by atoms with Crippen LogP contribution in [0.3, 0.4) is 0 Å². The Hall–Kier alpha value is -3.10. The van der Waals surface area contributed by atoms with E-state index in [1.165, 1.54) is 28.8 Å². The third-order valence-electron chi connectivity index (χ3n) is 7.29. The van der Waals surface area contributed by atoms with Gasteiger partial charge in [0.05, 0.1) is 29.3 Å². The van der Waals surface area contributed by atoms with Gasteiger partial charge in [0.25, 0.3) is 0 Å². The molecular weight excluding hydrogens is 572 g/mol. The van der Waals surface area contributed by atoms with Crippen LogP contribution in [0.5, 0.6) is 0 Å². The summed E-state index contributed by atoms with van der Waals surface area (Å²) in [6, 6.07) is 25.6. The number of nitrogens with one attached hydrogen (secondary N) is 2. The van der Waals surface area contributed by atoms with Crippen LogP contribution in [-0.4, -0.2) is 24.8 Å². The third kappa shape index (κ3) is 6.56. The molecule has 2 aromatic carbocycles. The number of benzene rings is 2. The molecular formula is C31H32BrClN6. The first kappa shape index (κ1) is 27.5. The molecule has 0 aliphatic heterocycles. The van der Waals surface area contributed by atoms with Crippen LogP contribution in [0, 0.1) is 0 Å². The van der Waals surface area contributed by atoms with Gasteiger partial charge in [0, 0.05) is 37.6 Å². The SMILES string of the molecule is Br.Clc1ncccc1CNCc1ccc(CN(Cc2nc3ccccc3[nH]2)C2CCCc3cccnc32)cc1. The van der Waals surface area contributed by atoms with E-state index in [0.717, 1.165) is 54.9 Å². The summed E-state index contributed by atoms with van der Waals surface area (Å²) < 4.78 is 0. The number of aromatic amines is 1. The lowest BCUT2D eigenvalue weighted by Gasteiger charge is -2.34. The predicted octanol–water partition coefficient (Wildman–Crippen LogP) is 6.95. The lowest BCUT2D eigenvalue weighted by atomic mass is 9.90. The lowest BCUT2D eigenvalue weighted by molar-refractivity contribution is 0.153. The monoisotopic (exact) mass is 602 g/mol. The molecule has 0 radical (unpaired) electrons. The maximum absolute atomic E-state index is 6.18. The molecule has 0 amide bonds. The fourth-order valence-corrected chi connectivity index (χ4v) is 5.57. The van der Waals surface area contributed by atoms with Gasteiger partial charge in [-0.05, 0) is 60.2 Å². The normalized spacial score (nSPS) is 14.8. The molecule has 0 bridgehead atoms. The number of halogens is 2. The molecule has 3 aromatic heterocycles. The number of fused-ring (bicyclic) bond motifs is 2. The molecule has 0 saturated heterocycles. The number of aromatic nitrogens is 4. The number of aryl methyl sites for hydroxylation is 1. The predicted molar refractivity (Wildman–Crippen MR) is 162 cm³/mol. The number of pyridine rings is 2. The van der Waals surface area contributed by atoms with Crippen LogP contribution in [0.1, 0.15) is 52.7 Å². The summed E-state index contributed by atoms with van der Waals surface area (Å²) in [5.74, 6) is 0.990. The molecule has 6 rings (SSSR count). The van der Waals surface area contributed by atoms with E-state index in [4.69, 9.17) is 21.6 Å². The van der Waals surface area contributed by atoms with Crippen LogP contribution in [0.25, 0.3) is 11.0 Å².